The molecule has 0 saturated heterocycles. The highest BCUT2D eigenvalue weighted by Crippen LogP contribution is 2.28. The molecule has 96 valence electrons. The molecule has 0 bridgehead atoms. The van der Waals surface area contributed by atoms with Crippen LogP contribution in [0.5, 0.6) is 0 Å². The van der Waals surface area contributed by atoms with E-state index >= 15 is 0 Å². The van der Waals surface area contributed by atoms with Gasteiger partial charge in [0.1, 0.15) is 10.7 Å². The number of fused-ring (bicyclic) bond motifs is 1. The van der Waals surface area contributed by atoms with E-state index in [1.807, 2.05) is 18.2 Å². The van der Waals surface area contributed by atoms with Crippen LogP contribution in [0.2, 0.25) is 0 Å². The maximum atomic E-state index is 5.54. The molecule has 6 heteroatoms. The van der Waals surface area contributed by atoms with Gasteiger partial charge >= 0.3 is 0 Å². The summed E-state index contributed by atoms with van der Waals surface area (Å²) in [6.07, 6.45) is 4.21. The van der Waals surface area contributed by atoms with Crippen LogP contribution in [0.25, 0.3) is 10.2 Å². The van der Waals surface area contributed by atoms with Crippen molar-refractivity contribution in [3.8, 4) is 0 Å². The van der Waals surface area contributed by atoms with E-state index in [-0.39, 0.29) is 0 Å². The highest BCUT2D eigenvalue weighted by atomic mass is 32.1. The van der Waals surface area contributed by atoms with Crippen LogP contribution in [0.3, 0.4) is 0 Å². The lowest BCUT2D eigenvalue weighted by atomic mass is 10.2. The maximum absolute atomic E-state index is 5.54. The van der Waals surface area contributed by atoms with Crippen LogP contribution in [0.4, 0.5) is 5.82 Å². The van der Waals surface area contributed by atoms with E-state index in [0.717, 1.165) is 21.6 Å². The van der Waals surface area contributed by atoms with E-state index in [1.54, 1.807) is 23.7 Å². The number of nitrogens with two attached hydrogens (primary N) is 1. The smallest absolute Gasteiger partial charge is 0.152 e. The van der Waals surface area contributed by atoms with Crippen molar-refractivity contribution in [2.45, 2.75) is 13.3 Å². The molecule has 0 aromatic carbocycles. The number of nitrogen functional groups attached to an aromatic ring is 1. The molecule has 0 unspecified atom stereocenters. The third-order valence-corrected chi connectivity index (χ3v) is 3.75. The number of hydrogen-bond donors (Lipinski definition) is 2. The Morgan fingerprint density at radius 1 is 1.26 bits per heavy atom. The van der Waals surface area contributed by atoms with Crippen molar-refractivity contribution < 1.29 is 0 Å². The van der Waals surface area contributed by atoms with Crippen molar-refractivity contribution in [2.75, 3.05) is 5.43 Å². The summed E-state index contributed by atoms with van der Waals surface area (Å²) in [6, 6.07) is 5.97. The molecule has 3 rings (SSSR count). The first kappa shape index (κ1) is 12.0. The van der Waals surface area contributed by atoms with E-state index in [2.05, 4.69) is 27.3 Å². The van der Waals surface area contributed by atoms with Crippen molar-refractivity contribution in [3.05, 3.63) is 46.9 Å². The van der Waals surface area contributed by atoms with Gasteiger partial charge in [-0.3, -0.25) is 4.98 Å². The molecule has 0 atom stereocenters. The molecule has 3 heterocycles. The predicted molar refractivity (Wildman–Crippen MR) is 77.0 cm³/mol. The fraction of sp³-hybridized carbons (Fsp3) is 0.154. The first-order chi connectivity index (χ1) is 9.26. The van der Waals surface area contributed by atoms with Crippen LogP contribution >= 0.6 is 11.3 Å². The van der Waals surface area contributed by atoms with E-state index < -0.39 is 0 Å². The van der Waals surface area contributed by atoms with Gasteiger partial charge in [0, 0.05) is 23.7 Å². The number of nitrogens with one attached hydrogen (secondary N) is 1. The Hall–Kier alpha value is -2.05. The summed E-state index contributed by atoms with van der Waals surface area (Å²) >= 11 is 1.65. The molecular weight excluding hydrogens is 258 g/mol. The second-order valence-corrected chi connectivity index (χ2v) is 5.48. The molecule has 3 N–H and O–H groups in total. The summed E-state index contributed by atoms with van der Waals surface area (Å²) in [5, 5.41) is 0.975. The summed E-state index contributed by atoms with van der Waals surface area (Å²) in [6.45, 7) is 2.05. The van der Waals surface area contributed by atoms with Crippen LogP contribution in [-0.2, 0) is 6.42 Å². The van der Waals surface area contributed by atoms with E-state index in [9.17, 15) is 0 Å². The molecule has 0 aliphatic carbocycles. The molecule has 0 saturated carbocycles. The van der Waals surface area contributed by atoms with Gasteiger partial charge in [0.25, 0.3) is 0 Å². The molecule has 0 radical (unpaired) electrons. The lowest BCUT2D eigenvalue weighted by Gasteiger charge is -2.05. The van der Waals surface area contributed by atoms with E-state index in [1.165, 1.54) is 4.88 Å². The minimum absolute atomic E-state index is 0.671. The predicted octanol–water partition coefficient (Wildman–Crippen LogP) is 2.27. The zero-order valence-electron chi connectivity index (χ0n) is 10.4. The Balaban J connectivity index is 2.04. The lowest BCUT2D eigenvalue weighted by molar-refractivity contribution is 0.989. The average molecular weight is 271 g/mol. The zero-order chi connectivity index (χ0) is 13.2. The number of pyridine rings is 1. The minimum atomic E-state index is 0.671. The molecule has 5 nitrogen and oxygen atoms in total. The minimum Gasteiger partial charge on any atom is -0.308 e. The lowest BCUT2D eigenvalue weighted by Crippen LogP contribution is -2.10. The van der Waals surface area contributed by atoms with Crippen LogP contribution in [0, 0.1) is 6.92 Å². The quantitative estimate of drug-likeness (QED) is 0.564. The fourth-order valence-electron chi connectivity index (χ4n) is 1.96. The highest BCUT2D eigenvalue weighted by Gasteiger charge is 2.10. The largest absolute Gasteiger partial charge is 0.308 e. The Labute approximate surface area is 114 Å². The van der Waals surface area contributed by atoms with Crippen molar-refractivity contribution in [2.24, 2.45) is 5.84 Å². The van der Waals surface area contributed by atoms with Gasteiger partial charge in [-0.05, 0) is 30.7 Å². The number of rotatable bonds is 3. The third-order valence-electron chi connectivity index (χ3n) is 2.81. The summed E-state index contributed by atoms with van der Waals surface area (Å²) < 4.78 is 0. The van der Waals surface area contributed by atoms with E-state index in [0.29, 0.717) is 12.2 Å². The SMILES string of the molecule is Cc1cc2c(NN)nc(Cc3ccncc3)nc2s1. The summed E-state index contributed by atoms with van der Waals surface area (Å²) in [4.78, 5) is 15.2. The first-order valence-corrected chi connectivity index (χ1v) is 6.70. The number of anilines is 1. The monoisotopic (exact) mass is 271 g/mol. The van der Waals surface area contributed by atoms with Crippen molar-refractivity contribution >= 4 is 27.4 Å². The zero-order valence-corrected chi connectivity index (χ0v) is 11.2. The van der Waals surface area contributed by atoms with Gasteiger partial charge in [-0.25, -0.2) is 15.8 Å². The fourth-order valence-corrected chi connectivity index (χ4v) is 2.86. The second-order valence-electron chi connectivity index (χ2n) is 4.24. The Morgan fingerprint density at radius 3 is 2.79 bits per heavy atom. The normalized spacial score (nSPS) is 10.8. The first-order valence-electron chi connectivity index (χ1n) is 5.89. The van der Waals surface area contributed by atoms with Crippen molar-refractivity contribution in [1.82, 2.24) is 15.0 Å². The Morgan fingerprint density at radius 2 is 2.05 bits per heavy atom. The molecule has 0 fully saturated rings. The van der Waals surface area contributed by atoms with Crippen LogP contribution < -0.4 is 11.3 Å². The maximum Gasteiger partial charge on any atom is 0.152 e. The number of thiophene rings is 1. The molecule has 3 aromatic heterocycles. The topological polar surface area (TPSA) is 76.7 Å². The van der Waals surface area contributed by atoms with Crippen LogP contribution in [0.15, 0.2) is 30.6 Å². The average Bonchev–Trinajstić information content (AvgIpc) is 2.79. The van der Waals surface area contributed by atoms with Crippen LogP contribution in [0.1, 0.15) is 16.3 Å². The van der Waals surface area contributed by atoms with Gasteiger partial charge in [-0.2, -0.15) is 0 Å². The standard InChI is InChI=1S/C13H13N5S/c1-8-6-10-12(18-14)16-11(17-13(10)19-8)7-9-2-4-15-5-3-9/h2-6H,7,14H2,1H3,(H,16,17,18). The number of aryl methyl sites for hydroxylation is 1. The van der Waals surface area contributed by atoms with Crippen molar-refractivity contribution in [3.63, 3.8) is 0 Å². The van der Waals surface area contributed by atoms with Crippen molar-refractivity contribution in [1.29, 1.82) is 0 Å². The highest BCUT2D eigenvalue weighted by molar-refractivity contribution is 7.18. The van der Waals surface area contributed by atoms with Gasteiger partial charge in [0.15, 0.2) is 5.82 Å². The van der Waals surface area contributed by atoms with Gasteiger partial charge in [-0.15, -0.1) is 11.3 Å². The second kappa shape index (κ2) is 4.91. The van der Waals surface area contributed by atoms with E-state index in [4.69, 9.17) is 5.84 Å². The summed E-state index contributed by atoms with van der Waals surface area (Å²) in [5.41, 5.74) is 3.78. The third kappa shape index (κ3) is 2.40. The summed E-state index contributed by atoms with van der Waals surface area (Å²) in [7, 11) is 0. The number of nitrogens with zero attached hydrogens (tertiary/aromatic N) is 3. The molecule has 0 aliphatic heterocycles. The molecule has 0 aliphatic rings. The van der Waals surface area contributed by atoms with Gasteiger partial charge in [-0.1, -0.05) is 0 Å². The Kier molecular flexibility index (Phi) is 3.10. The van der Waals surface area contributed by atoms with Gasteiger partial charge in [0.05, 0.1) is 5.39 Å². The molecule has 19 heavy (non-hydrogen) atoms. The molecule has 0 spiro atoms. The number of aromatic nitrogens is 3. The van der Waals surface area contributed by atoms with Gasteiger partial charge < -0.3 is 5.43 Å². The molecular formula is C13H13N5S. The van der Waals surface area contributed by atoms with Gasteiger partial charge in [0.2, 0.25) is 0 Å². The number of hydrogen-bond acceptors (Lipinski definition) is 6. The Bertz CT molecular complexity index is 708. The molecule has 0 amide bonds. The molecule has 3 aromatic rings. The van der Waals surface area contributed by atoms with Crippen LogP contribution in [-0.4, -0.2) is 15.0 Å². The number of hydrazine groups is 1. The summed E-state index contributed by atoms with van der Waals surface area (Å²) in [5.74, 6) is 6.98.